The average Bonchev–Trinajstić information content (AvgIpc) is 3.18. The first kappa shape index (κ1) is 20.1. The largest absolute Gasteiger partial charge is 0.493 e. The highest BCUT2D eigenvalue weighted by Gasteiger charge is 2.18. The van der Waals surface area contributed by atoms with E-state index in [1.165, 1.54) is 20.3 Å². The van der Waals surface area contributed by atoms with Crippen LogP contribution in [0.3, 0.4) is 0 Å². The van der Waals surface area contributed by atoms with Crippen LogP contribution in [0.5, 0.6) is 11.5 Å². The Morgan fingerprint density at radius 2 is 2.07 bits per heavy atom. The van der Waals surface area contributed by atoms with Gasteiger partial charge in [-0.1, -0.05) is 18.2 Å². The lowest BCUT2D eigenvalue weighted by molar-refractivity contribution is -0.156. The topological polar surface area (TPSA) is 87.0 Å². The number of hydrogen-bond donors (Lipinski definition) is 1. The predicted molar refractivity (Wildman–Crippen MR) is 99.3 cm³/mol. The van der Waals surface area contributed by atoms with Gasteiger partial charge in [-0.3, -0.25) is 4.79 Å². The zero-order valence-electron chi connectivity index (χ0n) is 15.6. The summed E-state index contributed by atoms with van der Waals surface area (Å²) in [5.41, 5.74) is 0.950. The average molecular weight is 373 g/mol. The molecule has 144 valence electrons. The summed E-state index contributed by atoms with van der Waals surface area (Å²) in [6.45, 7) is 3.29. The highest BCUT2D eigenvalue weighted by molar-refractivity contribution is 5.83. The second-order valence-electron chi connectivity index (χ2n) is 5.63. The number of rotatable bonds is 9. The minimum atomic E-state index is -0.949. The van der Waals surface area contributed by atoms with Crippen LogP contribution in [0.25, 0.3) is 6.08 Å². The van der Waals surface area contributed by atoms with Gasteiger partial charge in [0.05, 0.1) is 19.9 Å². The van der Waals surface area contributed by atoms with Crippen molar-refractivity contribution >= 4 is 18.0 Å². The van der Waals surface area contributed by atoms with Crippen molar-refractivity contribution in [2.75, 3.05) is 13.7 Å². The summed E-state index contributed by atoms with van der Waals surface area (Å²) in [4.78, 5) is 23.9. The molecule has 2 rings (SSSR count). The van der Waals surface area contributed by atoms with Gasteiger partial charge in [0.15, 0.2) is 24.2 Å². The van der Waals surface area contributed by atoms with E-state index in [1.807, 2.05) is 25.1 Å². The fourth-order valence-corrected chi connectivity index (χ4v) is 2.25. The monoisotopic (exact) mass is 373 g/mol. The van der Waals surface area contributed by atoms with Crippen LogP contribution < -0.4 is 14.8 Å². The van der Waals surface area contributed by atoms with Crippen molar-refractivity contribution in [3.63, 3.8) is 0 Å². The highest BCUT2D eigenvalue weighted by atomic mass is 16.6. The zero-order valence-corrected chi connectivity index (χ0v) is 15.6. The number of hydrogen-bond acceptors (Lipinski definition) is 6. The lowest BCUT2D eigenvalue weighted by Gasteiger charge is -2.14. The molecule has 0 aliphatic rings. The van der Waals surface area contributed by atoms with Gasteiger partial charge in [-0.25, -0.2) is 4.79 Å². The molecule has 0 unspecified atom stereocenters. The van der Waals surface area contributed by atoms with Gasteiger partial charge >= 0.3 is 5.97 Å². The first-order valence-electron chi connectivity index (χ1n) is 8.46. The molecule has 7 nitrogen and oxygen atoms in total. The van der Waals surface area contributed by atoms with Crippen LogP contribution in [-0.4, -0.2) is 31.7 Å². The van der Waals surface area contributed by atoms with Gasteiger partial charge in [0, 0.05) is 0 Å². The van der Waals surface area contributed by atoms with E-state index >= 15 is 0 Å². The maximum Gasteiger partial charge on any atom is 0.344 e. The van der Waals surface area contributed by atoms with Gasteiger partial charge in [-0.15, -0.1) is 0 Å². The molecule has 1 atom stereocenters. The number of amides is 1. The van der Waals surface area contributed by atoms with E-state index in [1.54, 1.807) is 24.3 Å². The van der Waals surface area contributed by atoms with E-state index in [9.17, 15) is 9.59 Å². The van der Waals surface area contributed by atoms with Crippen LogP contribution >= 0.6 is 0 Å². The number of carbonyl (C=O) groups is 2. The van der Waals surface area contributed by atoms with Crippen LogP contribution in [0.15, 0.2) is 47.1 Å². The Kier molecular flexibility index (Phi) is 7.49. The first-order valence-corrected chi connectivity index (χ1v) is 8.46. The molecule has 0 saturated heterocycles. The third kappa shape index (κ3) is 6.22. The Morgan fingerprint density at radius 1 is 1.26 bits per heavy atom. The number of benzene rings is 1. The molecular formula is C20H23NO6. The van der Waals surface area contributed by atoms with Crippen molar-refractivity contribution in [1.29, 1.82) is 0 Å². The summed E-state index contributed by atoms with van der Waals surface area (Å²) < 4.78 is 20.9. The van der Waals surface area contributed by atoms with Crippen molar-refractivity contribution in [2.45, 2.75) is 26.5 Å². The summed E-state index contributed by atoms with van der Waals surface area (Å²) in [5, 5.41) is 2.62. The summed E-state index contributed by atoms with van der Waals surface area (Å²) in [6, 6.07) is 8.81. The minimum Gasteiger partial charge on any atom is -0.493 e. The van der Waals surface area contributed by atoms with Crippen LogP contribution in [0.1, 0.15) is 25.2 Å². The Labute approximate surface area is 157 Å². The Bertz CT molecular complexity index is 782. The molecular weight excluding hydrogens is 350 g/mol. The molecule has 1 N–H and O–H groups in total. The fraction of sp³-hybridized carbons (Fsp3) is 0.300. The van der Waals surface area contributed by atoms with E-state index in [-0.39, 0.29) is 13.2 Å². The van der Waals surface area contributed by atoms with Gasteiger partial charge in [0.2, 0.25) is 0 Å². The zero-order chi connectivity index (χ0) is 19.6. The van der Waals surface area contributed by atoms with Gasteiger partial charge in [-0.2, -0.15) is 0 Å². The molecule has 1 aromatic carbocycles. The van der Waals surface area contributed by atoms with Crippen molar-refractivity contribution in [2.24, 2.45) is 0 Å². The second-order valence-corrected chi connectivity index (χ2v) is 5.63. The Hall–Kier alpha value is -3.22. The van der Waals surface area contributed by atoms with Crippen molar-refractivity contribution in [3.8, 4) is 11.5 Å². The van der Waals surface area contributed by atoms with Gasteiger partial charge in [-0.05, 0) is 43.7 Å². The number of ether oxygens (including phenoxy) is 3. The molecule has 0 radical (unpaired) electrons. The smallest absolute Gasteiger partial charge is 0.344 e. The normalized spacial score (nSPS) is 11.8. The predicted octanol–water partition coefficient (Wildman–Crippen LogP) is 2.95. The molecule has 1 aromatic heterocycles. The number of esters is 1. The maximum absolute atomic E-state index is 12.0. The number of nitrogens with one attached hydrogen (secondary N) is 1. The van der Waals surface area contributed by atoms with Crippen LogP contribution in [0, 0.1) is 0 Å². The third-order valence-corrected chi connectivity index (χ3v) is 3.59. The Balaban J connectivity index is 1.82. The molecule has 1 amide bonds. The summed E-state index contributed by atoms with van der Waals surface area (Å²) >= 11 is 0. The molecule has 0 aliphatic heterocycles. The quantitative estimate of drug-likeness (QED) is 0.680. The van der Waals surface area contributed by atoms with E-state index < -0.39 is 18.0 Å². The van der Waals surface area contributed by atoms with Crippen LogP contribution in [0.4, 0.5) is 0 Å². The van der Waals surface area contributed by atoms with Crippen molar-refractivity contribution < 1.29 is 28.2 Å². The molecule has 0 saturated carbocycles. The molecule has 0 fully saturated rings. The van der Waals surface area contributed by atoms with E-state index in [0.717, 1.165) is 5.56 Å². The molecule has 2 aromatic rings. The third-order valence-electron chi connectivity index (χ3n) is 3.59. The fourth-order valence-electron chi connectivity index (χ4n) is 2.25. The number of methoxy groups -OCH3 is 1. The molecule has 7 heteroatoms. The standard InChI is InChI=1S/C20H23NO6/c1-4-6-15-8-9-17(18(11-15)24-3)26-13-19(22)27-14(2)20(23)21-12-16-7-5-10-25-16/h4-11,14H,12-13H2,1-3H3,(H,21,23)/b6-4+/t14-/m0/s1. The molecule has 0 bridgehead atoms. The van der Waals surface area contributed by atoms with Crippen molar-refractivity contribution in [3.05, 3.63) is 54.0 Å². The highest BCUT2D eigenvalue weighted by Crippen LogP contribution is 2.28. The maximum atomic E-state index is 12.0. The van der Waals surface area contributed by atoms with Crippen LogP contribution in [0.2, 0.25) is 0 Å². The lowest BCUT2D eigenvalue weighted by atomic mass is 10.2. The summed E-state index contributed by atoms with van der Waals surface area (Å²) in [5.74, 6) is 0.446. The van der Waals surface area contributed by atoms with Crippen LogP contribution in [-0.2, 0) is 20.9 Å². The number of carbonyl (C=O) groups excluding carboxylic acids is 2. The summed E-state index contributed by atoms with van der Waals surface area (Å²) in [7, 11) is 1.52. The molecule has 1 heterocycles. The van der Waals surface area contributed by atoms with E-state index in [4.69, 9.17) is 18.6 Å². The second kappa shape index (κ2) is 10.1. The lowest BCUT2D eigenvalue weighted by Crippen LogP contribution is -2.36. The van der Waals surface area contributed by atoms with Gasteiger partial charge in [0.1, 0.15) is 5.76 Å². The molecule has 0 spiro atoms. The minimum absolute atomic E-state index is 0.222. The molecule has 0 aliphatic carbocycles. The van der Waals surface area contributed by atoms with E-state index in [0.29, 0.717) is 17.3 Å². The number of allylic oxidation sites excluding steroid dienone is 1. The van der Waals surface area contributed by atoms with Crippen molar-refractivity contribution in [1.82, 2.24) is 5.32 Å². The Morgan fingerprint density at radius 3 is 2.74 bits per heavy atom. The first-order chi connectivity index (χ1) is 13.0. The SMILES string of the molecule is C/C=C/c1ccc(OCC(=O)O[C@@H](C)C(=O)NCc2ccco2)c(OC)c1. The van der Waals surface area contributed by atoms with Gasteiger partial charge in [0.25, 0.3) is 5.91 Å². The number of furan rings is 1. The summed E-state index contributed by atoms with van der Waals surface area (Å²) in [6.07, 6.45) is 4.39. The van der Waals surface area contributed by atoms with Gasteiger partial charge < -0.3 is 23.9 Å². The molecule has 27 heavy (non-hydrogen) atoms. The van der Waals surface area contributed by atoms with E-state index in [2.05, 4.69) is 5.32 Å².